The van der Waals surface area contributed by atoms with Gasteiger partial charge in [0, 0.05) is 56.7 Å². The number of aromatic nitrogens is 2. The van der Waals surface area contributed by atoms with Crippen LogP contribution in [0.1, 0.15) is 17.5 Å². The molecule has 0 bridgehead atoms. The molecule has 0 unspecified atom stereocenters. The lowest BCUT2D eigenvalue weighted by Gasteiger charge is -2.28. The highest BCUT2D eigenvalue weighted by molar-refractivity contribution is 5.81. The monoisotopic (exact) mass is 376 g/mol. The Morgan fingerprint density at radius 2 is 1.86 bits per heavy atom. The van der Waals surface area contributed by atoms with Crippen molar-refractivity contribution in [2.45, 2.75) is 19.5 Å². The zero-order chi connectivity index (χ0) is 19.0. The maximum absolute atomic E-state index is 5.46. The average Bonchev–Trinajstić information content (AvgIpc) is 2.75. The van der Waals surface area contributed by atoms with E-state index in [1.165, 1.54) is 16.5 Å². The van der Waals surface area contributed by atoms with Crippen LogP contribution in [0, 0.1) is 0 Å². The summed E-state index contributed by atoms with van der Waals surface area (Å²) in [6.45, 7) is 7.85. The van der Waals surface area contributed by atoms with E-state index in [0.29, 0.717) is 0 Å². The van der Waals surface area contributed by atoms with Gasteiger partial charge < -0.3 is 4.74 Å². The van der Waals surface area contributed by atoms with Crippen molar-refractivity contribution in [3.8, 4) is 0 Å². The van der Waals surface area contributed by atoms with E-state index in [9.17, 15) is 0 Å². The molecule has 4 rings (SSSR count). The first-order valence-corrected chi connectivity index (χ1v) is 10.1. The SMILES string of the molecule is c1cncc(CN(CCCN2CCOCC2)Cc2ccnc3ccccc23)c1. The van der Waals surface area contributed by atoms with Gasteiger partial charge in [0.15, 0.2) is 0 Å². The molecule has 0 aliphatic carbocycles. The molecule has 0 amide bonds. The molecule has 3 aromatic rings. The number of hydrogen-bond acceptors (Lipinski definition) is 5. The largest absolute Gasteiger partial charge is 0.379 e. The molecule has 0 radical (unpaired) electrons. The van der Waals surface area contributed by atoms with Crippen LogP contribution in [0.4, 0.5) is 0 Å². The molecule has 146 valence electrons. The number of para-hydroxylation sites is 1. The molecule has 2 aromatic heterocycles. The van der Waals surface area contributed by atoms with Crippen LogP contribution in [0.5, 0.6) is 0 Å². The van der Waals surface area contributed by atoms with E-state index in [1.807, 2.05) is 24.7 Å². The highest BCUT2D eigenvalue weighted by Gasteiger charge is 2.13. The minimum absolute atomic E-state index is 0.863. The van der Waals surface area contributed by atoms with Crippen LogP contribution in [0.2, 0.25) is 0 Å². The van der Waals surface area contributed by atoms with Crippen LogP contribution in [0.15, 0.2) is 61.1 Å². The van der Waals surface area contributed by atoms with E-state index in [2.05, 4.69) is 56.2 Å². The van der Waals surface area contributed by atoms with Gasteiger partial charge in [-0.25, -0.2) is 0 Å². The maximum atomic E-state index is 5.46. The molecule has 3 heterocycles. The summed E-state index contributed by atoms with van der Waals surface area (Å²) in [5.74, 6) is 0. The van der Waals surface area contributed by atoms with Crippen LogP contribution < -0.4 is 0 Å². The highest BCUT2D eigenvalue weighted by atomic mass is 16.5. The minimum atomic E-state index is 0.863. The third kappa shape index (κ3) is 5.13. The molecular weight excluding hydrogens is 348 g/mol. The Balaban J connectivity index is 1.45. The number of rotatable bonds is 8. The smallest absolute Gasteiger partial charge is 0.0705 e. The molecule has 5 nitrogen and oxygen atoms in total. The van der Waals surface area contributed by atoms with Crippen LogP contribution in [-0.4, -0.2) is 59.2 Å². The Kier molecular flexibility index (Phi) is 6.60. The zero-order valence-corrected chi connectivity index (χ0v) is 16.3. The molecule has 0 atom stereocenters. The van der Waals surface area contributed by atoms with Crippen LogP contribution >= 0.6 is 0 Å². The molecule has 1 aliphatic heterocycles. The summed E-state index contributed by atoms with van der Waals surface area (Å²) in [6.07, 6.45) is 6.89. The van der Waals surface area contributed by atoms with Gasteiger partial charge in [0.25, 0.3) is 0 Å². The molecule has 5 heteroatoms. The van der Waals surface area contributed by atoms with E-state index in [-0.39, 0.29) is 0 Å². The van der Waals surface area contributed by atoms with Crippen molar-refractivity contribution >= 4 is 10.9 Å². The number of hydrogen-bond donors (Lipinski definition) is 0. The predicted molar refractivity (Wildman–Crippen MR) is 112 cm³/mol. The number of fused-ring (bicyclic) bond motifs is 1. The van der Waals surface area contributed by atoms with Gasteiger partial charge in [-0.15, -0.1) is 0 Å². The van der Waals surface area contributed by atoms with E-state index in [4.69, 9.17) is 4.74 Å². The quantitative estimate of drug-likeness (QED) is 0.603. The van der Waals surface area contributed by atoms with Crippen molar-refractivity contribution in [3.05, 3.63) is 72.2 Å². The standard InChI is InChI=1S/C23H28N4O/c1-2-7-23-22(6-1)21(8-10-25-23)19-27(18-20-5-3-9-24-17-20)12-4-11-26-13-15-28-16-14-26/h1-3,5-10,17H,4,11-16,18-19H2. The lowest BCUT2D eigenvalue weighted by Crippen LogP contribution is -2.38. The van der Waals surface area contributed by atoms with Gasteiger partial charge in [0.05, 0.1) is 18.7 Å². The molecule has 1 saturated heterocycles. The van der Waals surface area contributed by atoms with Crippen molar-refractivity contribution in [1.29, 1.82) is 0 Å². The first kappa shape index (κ1) is 19.0. The third-order valence-electron chi connectivity index (χ3n) is 5.31. The molecular formula is C23H28N4O. The number of morpholine rings is 1. The number of nitrogens with zero attached hydrogens (tertiary/aromatic N) is 4. The molecule has 28 heavy (non-hydrogen) atoms. The van der Waals surface area contributed by atoms with Crippen molar-refractivity contribution in [2.75, 3.05) is 39.4 Å². The van der Waals surface area contributed by atoms with Crippen LogP contribution in [0.3, 0.4) is 0 Å². The number of benzene rings is 1. The van der Waals surface area contributed by atoms with E-state index in [1.54, 1.807) is 0 Å². The fourth-order valence-electron chi connectivity index (χ4n) is 3.84. The van der Waals surface area contributed by atoms with Crippen molar-refractivity contribution < 1.29 is 4.74 Å². The molecule has 0 spiro atoms. The summed E-state index contributed by atoms with van der Waals surface area (Å²) < 4.78 is 5.46. The first-order valence-electron chi connectivity index (χ1n) is 10.1. The number of ether oxygens (including phenoxy) is 1. The van der Waals surface area contributed by atoms with Gasteiger partial charge in [0.2, 0.25) is 0 Å². The summed E-state index contributed by atoms with van der Waals surface area (Å²) in [5, 5.41) is 1.24. The van der Waals surface area contributed by atoms with E-state index >= 15 is 0 Å². The lowest BCUT2D eigenvalue weighted by atomic mass is 10.1. The Morgan fingerprint density at radius 1 is 0.964 bits per heavy atom. The summed E-state index contributed by atoms with van der Waals surface area (Å²) in [5.41, 5.74) is 3.66. The topological polar surface area (TPSA) is 41.5 Å². The van der Waals surface area contributed by atoms with Gasteiger partial charge >= 0.3 is 0 Å². The zero-order valence-electron chi connectivity index (χ0n) is 16.3. The van der Waals surface area contributed by atoms with Gasteiger partial charge in [0.1, 0.15) is 0 Å². The molecule has 0 N–H and O–H groups in total. The van der Waals surface area contributed by atoms with Gasteiger partial charge in [-0.2, -0.15) is 0 Å². The molecule has 1 aromatic carbocycles. The van der Waals surface area contributed by atoms with E-state index < -0.39 is 0 Å². The van der Waals surface area contributed by atoms with Crippen molar-refractivity contribution in [2.24, 2.45) is 0 Å². The second-order valence-electron chi connectivity index (χ2n) is 7.37. The van der Waals surface area contributed by atoms with Crippen LogP contribution in [0.25, 0.3) is 10.9 Å². The van der Waals surface area contributed by atoms with Gasteiger partial charge in [-0.1, -0.05) is 24.3 Å². The molecule has 1 aliphatic rings. The number of pyridine rings is 2. The summed E-state index contributed by atoms with van der Waals surface area (Å²) in [6, 6.07) is 14.7. The van der Waals surface area contributed by atoms with Gasteiger partial charge in [-0.05, 0) is 42.3 Å². The summed E-state index contributed by atoms with van der Waals surface area (Å²) >= 11 is 0. The summed E-state index contributed by atoms with van der Waals surface area (Å²) in [7, 11) is 0. The Bertz CT molecular complexity index is 859. The lowest BCUT2D eigenvalue weighted by molar-refractivity contribution is 0.0359. The highest BCUT2D eigenvalue weighted by Crippen LogP contribution is 2.19. The molecule has 1 fully saturated rings. The second-order valence-corrected chi connectivity index (χ2v) is 7.37. The normalized spacial score (nSPS) is 15.3. The minimum Gasteiger partial charge on any atom is -0.379 e. The Hall–Kier alpha value is -2.34. The van der Waals surface area contributed by atoms with Crippen LogP contribution in [-0.2, 0) is 17.8 Å². The third-order valence-corrected chi connectivity index (χ3v) is 5.31. The Labute approximate surface area is 167 Å². The summed E-state index contributed by atoms with van der Waals surface area (Å²) in [4.78, 5) is 13.8. The fraction of sp³-hybridized carbons (Fsp3) is 0.391. The van der Waals surface area contributed by atoms with Crippen molar-refractivity contribution in [3.63, 3.8) is 0 Å². The van der Waals surface area contributed by atoms with E-state index in [0.717, 1.165) is 64.4 Å². The Morgan fingerprint density at radius 3 is 2.71 bits per heavy atom. The first-order chi connectivity index (χ1) is 13.9. The van der Waals surface area contributed by atoms with Gasteiger partial charge in [-0.3, -0.25) is 19.8 Å². The maximum Gasteiger partial charge on any atom is 0.0705 e. The van der Waals surface area contributed by atoms with Crippen molar-refractivity contribution in [1.82, 2.24) is 19.8 Å². The molecule has 0 saturated carbocycles. The average molecular weight is 377 g/mol. The predicted octanol–water partition coefficient (Wildman–Crippen LogP) is 3.35. The fourth-order valence-corrected chi connectivity index (χ4v) is 3.84. The second kappa shape index (κ2) is 9.73.